The molecular weight excluding hydrogens is 298 g/mol. The molecule has 0 aromatic heterocycles. The summed E-state index contributed by atoms with van der Waals surface area (Å²) < 4.78 is 10.5. The smallest absolute Gasteiger partial charge is 0.407 e. The van der Waals surface area contributed by atoms with E-state index < -0.39 is 5.60 Å². The average molecular weight is 327 g/mol. The molecule has 0 aromatic carbocycles. The maximum Gasteiger partial charge on any atom is 0.407 e. The molecule has 1 saturated heterocycles. The highest BCUT2D eigenvalue weighted by molar-refractivity contribution is 5.81. The molecule has 7 nitrogen and oxygen atoms in total. The Balaban J connectivity index is 1.65. The Morgan fingerprint density at radius 1 is 1.17 bits per heavy atom. The first kappa shape index (κ1) is 18.0. The average Bonchev–Trinajstić information content (AvgIpc) is 2.43. The number of nitrogens with zero attached hydrogens (tertiary/aromatic N) is 1. The number of hydrogen-bond acceptors (Lipinski definition) is 5. The Bertz CT molecular complexity index is 424. The monoisotopic (exact) mass is 327 g/mol. The number of ether oxygens (including phenoxy) is 2. The topological polar surface area (TPSA) is 79.9 Å². The minimum Gasteiger partial charge on any atom is -0.444 e. The first-order chi connectivity index (χ1) is 10.7. The Hall–Kier alpha value is -1.34. The van der Waals surface area contributed by atoms with Crippen LogP contribution in [-0.2, 0) is 14.3 Å². The summed E-state index contributed by atoms with van der Waals surface area (Å²) >= 11 is 0. The van der Waals surface area contributed by atoms with Gasteiger partial charge in [-0.15, -0.1) is 0 Å². The van der Waals surface area contributed by atoms with Gasteiger partial charge in [0.2, 0.25) is 5.91 Å². The summed E-state index contributed by atoms with van der Waals surface area (Å²) in [5.41, 5.74) is -0.482. The lowest BCUT2D eigenvalue weighted by atomic mass is 9.86. The zero-order chi connectivity index (χ0) is 17.0. The van der Waals surface area contributed by atoms with Gasteiger partial charge in [-0.3, -0.25) is 4.79 Å². The highest BCUT2D eigenvalue weighted by Gasteiger charge is 2.34. The van der Waals surface area contributed by atoms with E-state index in [1.54, 1.807) is 0 Å². The van der Waals surface area contributed by atoms with Gasteiger partial charge < -0.3 is 25.0 Å². The molecule has 1 atom stereocenters. The van der Waals surface area contributed by atoms with E-state index in [1.807, 2.05) is 32.6 Å². The number of carbonyl (C=O) groups excluding carboxylic acids is 2. The van der Waals surface area contributed by atoms with Crippen molar-refractivity contribution in [1.29, 1.82) is 0 Å². The second kappa shape index (κ2) is 7.49. The van der Waals surface area contributed by atoms with Crippen LogP contribution in [0.4, 0.5) is 4.79 Å². The van der Waals surface area contributed by atoms with Crippen molar-refractivity contribution >= 4 is 12.0 Å². The van der Waals surface area contributed by atoms with Gasteiger partial charge in [0.15, 0.2) is 0 Å². The molecule has 1 saturated carbocycles. The van der Waals surface area contributed by atoms with Gasteiger partial charge in [0.1, 0.15) is 5.60 Å². The molecular formula is C16H29N3O4. The van der Waals surface area contributed by atoms with Crippen LogP contribution in [-0.4, -0.2) is 66.9 Å². The van der Waals surface area contributed by atoms with Gasteiger partial charge in [-0.1, -0.05) is 0 Å². The van der Waals surface area contributed by atoms with Gasteiger partial charge in [-0.25, -0.2) is 4.79 Å². The molecule has 2 amide bonds. The van der Waals surface area contributed by atoms with Gasteiger partial charge in [0.05, 0.1) is 19.3 Å². The number of carbonyl (C=O) groups is 2. The normalized spacial score (nSPS) is 26.2. The third-order valence-electron chi connectivity index (χ3n) is 4.04. The number of rotatable bonds is 4. The predicted molar refractivity (Wildman–Crippen MR) is 86.2 cm³/mol. The molecule has 132 valence electrons. The quantitative estimate of drug-likeness (QED) is 0.801. The molecule has 1 aliphatic carbocycles. The molecule has 0 spiro atoms. The number of amides is 2. The summed E-state index contributed by atoms with van der Waals surface area (Å²) in [5, 5.41) is 6.20. The Labute approximate surface area is 138 Å². The lowest BCUT2D eigenvalue weighted by Crippen LogP contribution is -2.58. The van der Waals surface area contributed by atoms with Crippen molar-refractivity contribution in [3.8, 4) is 0 Å². The molecule has 2 N–H and O–H groups in total. The zero-order valence-electron chi connectivity index (χ0n) is 14.6. The molecule has 1 heterocycles. The summed E-state index contributed by atoms with van der Waals surface area (Å²) in [4.78, 5) is 25.8. The van der Waals surface area contributed by atoms with Crippen LogP contribution in [0.1, 0.15) is 40.5 Å². The number of alkyl carbamates (subject to hydrolysis) is 1. The van der Waals surface area contributed by atoms with Crippen molar-refractivity contribution in [3.63, 3.8) is 0 Å². The van der Waals surface area contributed by atoms with E-state index in [0.717, 1.165) is 12.8 Å². The van der Waals surface area contributed by atoms with Crippen molar-refractivity contribution in [2.24, 2.45) is 0 Å². The molecule has 2 aliphatic rings. The van der Waals surface area contributed by atoms with Crippen LogP contribution >= 0.6 is 0 Å². The molecule has 1 unspecified atom stereocenters. The van der Waals surface area contributed by atoms with E-state index in [1.165, 1.54) is 0 Å². The predicted octanol–water partition coefficient (Wildman–Crippen LogP) is 0.879. The maximum atomic E-state index is 12.3. The van der Waals surface area contributed by atoms with Crippen LogP contribution in [0.3, 0.4) is 0 Å². The van der Waals surface area contributed by atoms with Gasteiger partial charge in [0.25, 0.3) is 0 Å². The van der Waals surface area contributed by atoms with Crippen LogP contribution in [0.25, 0.3) is 0 Å². The van der Waals surface area contributed by atoms with Crippen molar-refractivity contribution in [2.45, 2.75) is 64.3 Å². The van der Waals surface area contributed by atoms with Gasteiger partial charge in [-0.05, 0) is 40.5 Å². The summed E-state index contributed by atoms with van der Waals surface area (Å²) in [6.45, 7) is 9.99. The summed E-state index contributed by atoms with van der Waals surface area (Å²) in [7, 11) is 0. The lowest BCUT2D eigenvalue weighted by Gasteiger charge is -2.39. The van der Waals surface area contributed by atoms with Crippen LogP contribution in [0.2, 0.25) is 0 Å². The van der Waals surface area contributed by atoms with E-state index in [9.17, 15) is 9.59 Å². The Morgan fingerprint density at radius 2 is 1.78 bits per heavy atom. The fraction of sp³-hybridized carbons (Fsp3) is 0.875. The molecule has 0 bridgehead atoms. The fourth-order valence-corrected chi connectivity index (χ4v) is 2.83. The van der Waals surface area contributed by atoms with E-state index in [2.05, 4.69) is 10.6 Å². The second-order valence-corrected chi connectivity index (χ2v) is 7.34. The third kappa shape index (κ3) is 5.66. The van der Waals surface area contributed by atoms with E-state index in [4.69, 9.17) is 9.47 Å². The van der Waals surface area contributed by atoms with Gasteiger partial charge >= 0.3 is 6.09 Å². The van der Waals surface area contributed by atoms with Gasteiger partial charge in [-0.2, -0.15) is 0 Å². The van der Waals surface area contributed by atoms with Crippen molar-refractivity contribution in [3.05, 3.63) is 0 Å². The molecule has 7 heteroatoms. The number of nitrogens with one attached hydrogen (secondary N) is 2. The molecule has 0 radical (unpaired) electrons. The summed E-state index contributed by atoms with van der Waals surface area (Å²) in [6.07, 6.45) is 1.26. The molecule has 2 rings (SSSR count). The molecule has 2 fully saturated rings. The fourth-order valence-electron chi connectivity index (χ4n) is 2.83. The maximum absolute atomic E-state index is 12.3. The largest absolute Gasteiger partial charge is 0.444 e. The Morgan fingerprint density at radius 3 is 2.35 bits per heavy atom. The van der Waals surface area contributed by atoms with Crippen LogP contribution in [0.15, 0.2) is 0 Å². The summed E-state index contributed by atoms with van der Waals surface area (Å²) in [5.74, 6) is 0.122. The molecule has 1 aliphatic heterocycles. The van der Waals surface area contributed by atoms with Gasteiger partial charge in [0, 0.05) is 25.2 Å². The first-order valence-electron chi connectivity index (χ1n) is 8.36. The first-order valence-corrected chi connectivity index (χ1v) is 8.36. The van der Waals surface area contributed by atoms with E-state index >= 15 is 0 Å². The third-order valence-corrected chi connectivity index (χ3v) is 4.04. The number of hydrogen-bond donors (Lipinski definition) is 2. The highest BCUT2D eigenvalue weighted by atomic mass is 16.6. The molecule has 0 aromatic rings. The lowest BCUT2D eigenvalue weighted by molar-refractivity contribution is -0.137. The Kier molecular flexibility index (Phi) is 5.86. The SMILES string of the molecule is CC(NC1CC(NC(=O)OC(C)(C)C)C1)C(=O)N1CCOCC1. The standard InChI is InChI=1S/C16H29N3O4/c1-11(14(20)19-5-7-22-8-6-19)17-12-9-13(10-12)18-15(21)23-16(2,3)4/h11-13,17H,5-10H2,1-4H3,(H,18,21). The van der Waals surface area contributed by atoms with Crippen LogP contribution in [0.5, 0.6) is 0 Å². The van der Waals surface area contributed by atoms with Crippen molar-refractivity contribution in [2.75, 3.05) is 26.3 Å². The van der Waals surface area contributed by atoms with Crippen molar-refractivity contribution in [1.82, 2.24) is 15.5 Å². The highest BCUT2D eigenvalue weighted by Crippen LogP contribution is 2.21. The summed E-state index contributed by atoms with van der Waals surface area (Å²) in [6, 6.07) is 0.170. The molecule has 23 heavy (non-hydrogen) atoms. The number of morpholine rings is 1. The van der Waals surface area contributed by atoms with E-state index in [-0.39, 0.29) is 30.1 Å². The minimum atomic E-state index is -0.482. The second-order valence-electron chi connectivity index (χ2n) is 7.34. The van der Waals surface area contributed by atoms with Crippen LogP contribution in [0, 0.1) is 0 Å². The minimum absolute atomic E-state index is 0.119. The van der Waals surface area contributed by atoms with Crippen LogP contribution < -0.4 is 10.6 Å². The van der Waals surface area contributed by atoms with Crippen molar-refractivity contribution < 1.29 is 19.1 Å². The zero-order valence-corrected chi connectivity index (χ0v) is 14.6. The van der Waals surface area contributed by atoms with E-state index in [0.29, 0.717) is 26.3 Å².